The van der Waals surface area contributed by atoms with Crippen LogP contribution >= 0.6 is 0 Å². The molecule has 1 aromatic heterocycles. The van der Waals surface area contributed by atoms with Crippen LogP contribution in [0.15, 0.2) is 0 Å². The second-order valence-corrected chi connectivity index (χ2v) is 5.06. The summed E-state index contributed by atoms with van der Waals surface area (Å²) in [6, 6.07) is 0. The number of aliphatic carboxylic acids is 1. The molecule has 1 N–H and O–H groups in total. The number of ether oxygens (including phenoxy) is 1. The zero-order valence-electron chi connectivity index (χ0n) is 11.7. The van der Waals surface area contributed by atoms with E-state index in [0.29, 0.717) is 36.5 Å². The van der Waals surface area contributed by atoms with Crippen molar-refractivity contribution in [2.75, 3.05) is 7.11 Å². The zero-order chi connectivity index (χ0) is 14.0. The summed E-state index contributed by atoms with van der Waals surface area (Å²) in [5.41, 5.74) is 0.520. The predicted molar refractivity (Wildman–Crippen MR) is 70.5 cm³/mol. The minimum atomic E-state index is -0.873. The third kappa shape index (κ3) is 2.17. The molecule has 0 aliphatic heterocycles. The molecule has 1 aliphatic rings. The van der Waals surface area contributed by atoms with E-state index in [1.165, 1.54) is 7.11 Å². The maximum absolute atomic E-state index is 11.8. The minimum absolute atomic E-state index is 0.425. The molecular weight excluding hydrogens is 244 g/mol. The Morgan fingerprint density at radius 2 is 2.00 bits per heavy atom. The molecule has 19 heavy (non-hydrogen) atoms. The molecule has 1 heterocycles. The fourth-order valence-corrected chi connectivity index (χ4v) is 3.01. The van der Waals surface area contributed by atoms with Crippen molar-refractivity contribution in [2.45, 2.75) is 51.4 Å². The van der Waals surface area contributed by atoms with Crippen LogP contribution in [0.4, 0.5) is 0 Å². The van der Waals surface area contributed by atoms with E-state index < -0.39 is 11.4 Å². The van der Waals surface area contributed by atoms with E-state index in [2.05, 4.69) is 9.97 Å². The van der Waals surface area contributed by atoms with Gasteiger partial charge in [0.25, 0.3) is 0 Å². The summed E-state index contributed by atoms with van der Waals surface area (Å²) in [7, 11) is 1.54. The minimum Gasteiger partial charge on any atom is -0.481 e. The summed E-state index contributed by atoms with van der Waals surface area (Å²) < 4.78 is 5.34. The summed E-state index contributed by atoms with van der Waals surface area (Å²) in [6.45, 7) is 3.82. The second kappa shape index (κ2) is 5.15. The summed E-state index contributed by atoms with van der Waals surface area (Å²) in [5.74, 6) is 0.324. The largest absolute Gasteiger partial charge is 0.481 e. The summed E-state index contributed by atoms with van der Waals surface area (Å²) in [5, 5.41) is 9.68. The van der Waals surface area contributed by atoms with Crippen molar-refractivity contribution in [3.05, 3.63) is 17.1 Å². The Morgan fingerprint density at radius 3 is 2.47 bits per heavy atom. The maximum Gasteiger partial charge on any atom is 0.314 e. The van der Waals surface area contributed by atoms with Gasteiger partial charge in [0.05, 0.1) is 18.1 Å². The van der Waals surface area contributed by atoms with Gasteiger partial charge in [0.15, 0.2) is 0 Å². The van der Waals surface area contributed by atoms with Crippen molar-refractivity contribution in [1.29, 1.82) is 0 Å². The Bertz CT molecular complexity index is 494. The highest BCUT2D eigenvalue weighted by atomic mass is 16.5. The monoisotopic (exact) mass is 264 g/mol. The average molecular weight is 264 g/mol. The molecule has 104 valence electrons. The number of carboxylic acids is 1. The van der Waals surface area contributed by atoms with Gasteiger partial charge in [-0.3, -0.25) is 4.79 Å². The van der Waals surface area contributed by atoms with E-state index in [-0.39, 0.29) is 0 Å². The lowest BCUT2D eigenvalue weighted by Crippen LogP contribution is -2.34. The summed E-state index contributed by atoms with van der Waals surface area (Å²) in [6.07, 6.45) is 3.81. The van der Waals surface area contributed by atoms with E-state index in [0.717, 1.165) is 18.5 Å². The van der Waals surface area contributed by atoms with Gasteiger partial charge in [-0.15, -0.1) is 0 Å². The first-order valence-corrected chi connectivity index (χ1v) is 6.70. The van der Waals surface area contributed by atoms with Gasteiger partial charge < -0.3 is 9.84 Å². The first-order chi connectivity index (χ1) is 9.05. The van der Waals surface area contributed by atoms with Crippen LogP contribution in [-0.4, -0.2) is 28.2 Å². The molecule has 1 fully saturated rings. The molecular formula is C14H20N2O3. The van der Waals surface area contributed by atoms with E-state index in [4.69, 9.17) is 4.74 Å². The smallest absolute Gasteiger partial charge is 0.314 e. The van der Waals surface area contributed by atoms with Gasteiger partial charge in [-0.1, -0.05) is 19.8 Å². The van der Waals surface area contributed by atoms with Crippen LogP contribution in [0.5, 0.6) is 5.88 Å². The predicted octanol–water partition coefficient (Wildman–Crippen LogP) is 2.25. The Hall–Kier alpha value is -1.65. The molecule has 0 spiro atoms. The number of aryl methyl sites for hydroxylation is 2. The number of rotatable bonds is 4. The number of aromatic nitrogens is 2. The second-order valence-electron chi connectivity index (χ2n) is 5.06. The number of hydrogen-bond donors (Lipinski definition) is 1. The van der Waals surface area contributed by atoms with Crippen molar-refractivity contribution in [3.8, 4) is 5.88 Å². The van der Waals surface area contributed by atoms with Crippen LogP contribution in [-0.2, 0) is 16.6 Å². The molecule has 1 aliphatic carbocycles. The van der Waals surface area contributed by atoms with Gasteiger partial charge >= 0.3 is 5.97 Å². The third-order valence-electron chi connectivity index (χ3n) is 3.96. The lowest BCUT2D eigenvalue weighted by atomic mass is 9.78. The number of nitrogens with zero attached hydrogens (tertiary/aromatic N) is 2. The molecule has 0 saturated heterocycles. The SMILES string of the molecule is CCc1nc(C)c(C2(C(=O)O)CCCC2)c(OC)n1. The standard InChI is InChI=1S/C14H20N2O3/c1-4-10-15-9(2)11(12(16-10)19-3)14(13(17)18)7-5-6-8-14/h4-8H2,1-3H3,(H,17,18). The Labute approximate surface area is 113 Å². The molecule has 0 bridgehead atoms. The molecule has 0 atom stereocenters. The summed E-state index contributed by atoms with van der Waals surface area (Å²) >= 11 is 0. The number of hydrogen-bond acceptors (Lipinski definition) is 4. The van der Waals surface area contributed by atoms with Crippen LogP contribution in [0.3, 0.4) is 0 Å². The molecule has 0 amide bonds. The molecule has 0 radical (unpaired) electrons. The molecule has 5 heteroatoms. The first kappa shape index (κ1) is 13.8. The molecule has 0 unspecified atom stereocenters. The van der Waals surface area contributed by atoms with Gasteiger partial charge in [0.1, 0.15) is 5.82 Å². The van der Waals surface area contributed by atoms with Gasteiger partial charge in [0.2, 0.25) is 5.88 Å². The molecule has 1 saturated carbocycles. The topological polar surface area (TPSA) is 72.3 Å². The van der Waals surface area contributed by atoms with Crippen LogP contribution in [0.2, 0.25) is 0 Å². The van der Waals surface area contributed by atoms with E-state index in [1.807, 2.05) is 13.8 Å². The fraction of sp³-hybridized carbons (Fsp3) is 0.643. The highest BCUT2D eigenvalue weighted by Crippen LogP contribution is 2.45. The van der Waals surface area contributed by atoms with Crippen molar-refractivity contribution in [3.63, 3.8) is 0 Å². The van der Waals surface area contributed by atoms with Gasteiger partial charge in [-0.25, -0.2) is 4.98 Å². The average Bonchev–Trinajstić information content (AvgIpc) is 2.87. The number of carbonyl (C=O) groups is 1. The van der Waals surface area contributed by atoms with Crippen molar-refractivity contribution >= 4 is 5.97 Å². The number of carboxylic acid groups (broad SMARTS) is 1. The highest BCUT2D eigenvalue weighted by Gasteiger charge is 2.46. The summed E-state index contributed by atoms with van der Waals surface area (Å²) in [4.78, 5) is 20.6. The molecule has 2 rings (SSSR count). The fourth-order valence-electron chi connectivity index (χ4n) is 3.01. The van der Waals surface area contributed by atoms with Crippen molar-refractivity contribution in [2.24, 2.45) is 0 Å². The van der Waals surface area contributed by atoms with Crippen LogP contribution < -0.4 is 4.74 Å². The van der Waals surface area contributed by atoms with Crippen LogP contribution in [0, 0.1) is 6.92 Å². The maximum atomic E-state index is 11.8. The Kier molecular flexibility index (Phi) is 3.73. The molecule has 5 nitrogen and oxygen atoms in total. The molecule has 1 aromatic rings. The Balaban J connectivity index is 2.63. The lowest BCUT2D eigenvalue weighted by Gasteiger charge is -2.27. The van der Waals surface area contributed by atoms with Crippen LogP contribution in [0.25, 0.3) is 0 Å². The van der Waals surface area contributed by atoms with Crippen molar-refractivity contribution < 1.29 is 14.6 Å². The lowest BCUT2D eigenvalue weighted by molar-refractivity contribution is -0.143. The van der Waals surface area contributed by atoms with Crippen molar-refractivity contribution in [1.82, 2.24) is 9.97 Å². The van der Waals surface area contributed by atoms with E-state index in [1.54, 1.807) is 0 Å². The van der Waals surface area contributed by atoms with E-state index in [9.17, 15) is 9.90 Å². The van der Waals surface area contributed by atoms with Crippen LogP contribution in [0.1, 0.15) is 49.7 Å². The quantitative estimate of drug-likeness (QED) is 0.903. The normalized spacial score (nSPS) is 17.4. The van der Waals surface area contributed by atoms with E-state index >= 15 is 0 Å². The highest BCUT2D eigenvalue weighted by molar-refractivity contribution is 5.83. The Morgan fingerprint density at radius 1 is 1.37 bits per heavy atom. The van der Waals surface area contributed by atoms with Gasteiger partial charge in [0, 0.05) is 12.1 Å². The van der Waals surface area contributed by atoms with Gasteiger partial charge in [-0.2, -0.15) is 4.98 Å². The van der Waals surface area contributed by atoms with Gasteiger partial charge in [-0.05, 0) is 19.8 Å². The zero-order valence-corrected chi connectivity index (χ0v) is 11.7. The number of methoxy groups -OCH3 is 1. The third-order valence-corrected chi connectivity index (χ3v) is 3.96. The molecule has 0 aromatic carbocycles. The first-order valence-electron chi connectivity index (χ1n) is 6.70.